The second-order valence-electron chi connectivity index (χ2n) is 6.77. The van der Waals surface area contributed by atoms with Crippen molar-refractivity contribution in [3.8, 4) is 11.5 Å². The van der Waals surface area contributed by atoms with Crippen molar-refractivity contribution < 1.29 is 19.1 Å². The Balaban J connectivity index is 1.53. The molecule has 0 saturated carbocycles. The molecule has 1 heterocycles. The van der Waals surface area contributed by atoms with Crippen molar-refractivity contribution in [2.45, 2.75) is 0 Å². The first-order valence-electron chi connectivity index (χ1n) is 9.40. The third kappa shape index (κ3) is 4.97. The van der Waals surface area contributed by atoms with E-state index in [1.165, 1.54) is 0 Å². The number of anilines is 2. The number of benzene rings is 2. The van der Waals surface area contributed by atoms with Gasteiger partial charge in [-0.2, -0.15) is 0 Å². The number of nitrogens with one attached hydrogen (secondary N) is 1. The van der Waals surface area contributed by atoms with E-state index in [-0.39, 0.29) is 18.4 Å². The van der Waals surface area contributed by atoms with Crippen LogP contribution in [-0.2, 0) is 4.79 Å². The molecular weight excluding hydrogens is 372 g/mol. The van der Waals surface area contributed by atoms with Gasteiger partial charge < -0.3 is 25.4 Å². The van der Waals surface area contributed by atoms with Crippen molar-refractivity contribution in [1.82, 2.24) is 9.80 Å². The fraction of sp³-hybridized carbons (Fsp3) is 0.333. The molecule has 1 aliphatic heterocycles. The van der Waals surface area contributed by atoms with Gasteiger partial charge >= 0.3 is 0 Å². The van der Waals surface area contributed by atoms with E-state index in [9.17, 15) is 9.59 Å². The standard InChI is InChI=1S/C21H26N4O4/c1-28-18-8-7-15(13-19(18)29-2)21(27)25-11-9-24(10-12-25)14-20(26)23-17-6-4-3-5-16(17)22/h3-8,13H,9-12,14,22H2,1-2H3,(H,23,26). The lowest BCUT2D eigenvalue weighted by Crippen LogP contribution is -2.50. The summed E-state index contributed by atoms with van der Waals surface area (Å²) in [5.74, 6) is 0.919. The average Bonchev–Trinajstić information content (AvgIpc) is 2.75. The van der Waals surface area contributed by atoms with E-state index >= 15 is 0 Å². The monoisotopic (exact) mass is 398 g/mol. The van der Waals surface area contributed by atoms with Crippen LogP contribution in [0.15, 0.2) is 42.5 Å². The minimum Gasteiger partial charge on any atom is -0.493 e. The third-order valence-corrected chi connectivity index (χ3v) is 4.89. The first-order chi connectivity index (χ1) is 14.0. The second-order valence-corrected chi connectivity index (χ2v) is 6.77. The van der Waals surface area contributed by atoms with E-state index in [1.807, 2.05) is 17.0 Å². The number of carbonyl (C=O) groups excluding carboxylic acids is 2. The van der Waals surface area contributed by atoms with Crippen LogP contribution >= 0.6 is 0 Å². The molecule has 0 bridgehead atoms. The van der Waals surface area contributed by atoms with Crippen molar-refractivity contribution in [2.24, 2.45) is 0 Å². The summed E-state index contributed by atoms with van der Waals surface area (Å²) in [5, 5.41) is 2.83. The lowest BCUT2D eigenvalue weighted by atomic mass is 10.1. The van der Waals surface area contributed by atoms with Gasteiger partial charge in [0.25, 0.3) is 5.91 Å². The summed E-state index contributed by atoms with van der Waals surface area (Å²) in [6, 6.07) is 12.3. The minimum atomic E-state index is -0.123. The Morgan fingerprint density at radius 3 is 2.34 bits per heavy atom. The van der Waals surface area contributed by atoms with Gasteiger partial charge in [-0.3, -0.25) is 14.5 Å². The normalized spacial score (nSPS) is 14.3. The van der Waals surface area contributed by atoms with E-state index in [0.29, 0.717) is 54.6 Å². The third-order valence-electron chi connectivity index (χ3n) is 4.89. The number of hydrogen-bond acceptors (Lipinski definition) is 6. The lowest BCUT2D eigenvalue weighted by Gasteiger charge is -2.34. The minimum absolute atomic E-state index is 0.0629. The largest absolute Gasteiger partial charge is 0.493 e. The molecule has 3 N–H and O–H groups in total. The zero-order valence-corrected chi connectivity index (χ0v) is 16.7. The van der Waals surface area contributed by atoms with Gasteiger partial charge in [0.1, 0.15) is 0 Å². The predicted molar refractivity (Wildman–Crippen MR) is 111 cm³/mol. The average molecular weight is 398 g/mol. The summed E-state index contributed by atoms with van der Waals surface area (Å²) in [5.41, 5.74) is 7.55. The molecule has 0 radical (unpaired) electrons. The van der Waals surface area contributed by atoms with Crippen molar-refractivity contribution in [3.63, 3.8) is 0 Å². The molecule has 2 aromatic rings. The number of hydrogen-bond donors (Lipinski definition) is 2. The van der Waals surface area contributed by atoms with Crippen LogP contribution in [0.1, 0.15) is 10.4 Å². The summed E-state index contributed by atoms with van der Waals surface area (Å²) in [6.07, 6.45) is 0. The summed E-state index contributed by atoms with van der Waals surface area (Å²) in [4.78, 5) is 28.9. The number of rotatable bonds is 6. The number of para-hydroxylation sites is 2. The van der Waals surface area contributed by atoms with Crippen LogP contribution in [0.5, 0.6) is 11.5 Å². The number of piperazine rings is 1. The molecule has 29 heavy (non-hydrogen) atoms. The number of nitrogens with two attached hydrogens (primary N) is 1. The Kier molecular flexibility index (Phi) is 6.56. The number of ether oxygens (including phenoxy) is 2. The van der Waals surface area contributed by atoms with Gasteiger partial charge in [-0.15, -0.1) is 0 Å². The van der Waals surface area contributed by atoms with E-state index in [2.05, 4.69) is 5.32 Å². The SMILES string of the molecule is COc1ccc(C(=O)N2CCN(CC(=O)Nc3ccccc3N)CC2)cc1OC. The summed E-state index contributed by atoms with van der Waals surface area (Å²) in [6.45, 7) is 2.60. The molecule has 2 aromatic carbocycles. The first kappa shape index (κ1) is 20.5. The maximum absolute atomic E-state index is 12.8. The van der Waals surface area contributed by atoms with Crippen molar-refractivity contribution in [2.75, 3.05) is 58.0 Å². The zero-order valence-electron chi connectivity index (χ0n) is 16.7. The molecule has 8 nitrogen and oxygen atoms in total. The van der Waals surface area contributed by atoms with Crippen LogP contribution in [0.2, 0.25) is 0 Å². The molecule has 1 aliphatic rings. The van der Waals surface area contributed by atoms with Crippen molar-refractivity contribution >= 4 is 23.2 Å². The van der Waals surface area contributed by atoms with Gasteiger partial charge in [-0.25, -0.2) is 0 Å². The highest BCUT2D eigenvalue weighted by Gasteiger charge is 2.24. The van der Waals surface area contributed by atoms with Crippen LogP contribution in [0.4, 0.5) is 11.4 Å². The molecule has 3 rings (SSSR count). The predicted octanol–water partition coefficient (Wildman–Crippen LogP) is 1.68. The van der Waals surface area contributed by atoms with E-state index in [0.717, 1.165) is 0 Å². The first-order valence-corrected chi connectivity index (χ1v) is 9.40. The van der Waals surface area contributed by atoms with Crippen LogP contribution in [0.3, 0.4) is 0 Å². The maximum atomic E-state index is 12.8. The summed E-state index contributed by atoms with van der Waals surface area (Å²) < 4.78 is 10.5. The van der Waals surface area contributed by atoms with Crippen molar-refractivity contribution in [3.05, 3.63) is 48.0 Å². The number of carbonyl (C=O) groups is 2. The molecule has 0 atom stereocenters. The molecule has 0 spiro atoms. The Hall–Kier alpha value is -3.26. The summed E-state index contributed by atoms with van der Waals surface area (Å²) >= 11 is 0. The quantitative estimate of drug-likeness (QED) is 0.719. The highest BCUT2D eigenvalue weighted by atomic mass is 16.5. The Bertz CT molecular complexity index is 879. The van der Waals surface area contributed by atoms with E-state index < -0.39 is 0 Å². The number of amides is 2. The fourth-order valence-corrected chi connectivity index (χ4v) is 3.26. The van der Waals surface area contributed by atoms with Crippen LogP contribution in [-0.4, -0.2) is 68.6 Å². The van der Waals surface area contributed by atoms with Gasteiger partial charge in [-0.1, -0.05) is 12.1 Å². The molecule has 1 saturated heterocycles. The highest BCUT2D eigenvalue weighted by molar-refractivity contribution is 5.96. The van der Waals surface area contributed by atoms with Crippen molar-refractivity contribution in [1.29, 1.82) is 0 Å². The molecule has 8 heteroatoms. The molecule has 0 aromatic heterocycles. The van der Waals surface area contributed by atoms with Crippen LogP contribution < -0.4 is 20.5 Å². The molecule has 0 unspecified atom stereocenters. The van der Waals surface area contributed by atoms with E-state index in [4.69, 9.17) is 15.2 Å². The molecule has 0 aliphatic carbocycles. The van der Waals surface area contributed by atoms with Gasteiger partial charge in [0.2, 0.25) is 5.91 Å². The highest BCUT2D eigenvalue weighted by Crippen LogP contribution is 2.28. The van der Waals surface area contributed by atoms with Crippen LogP contribution in [0, 0.1) is 0 Å². The Labute approximate surface area is 170 Å². The molecular formula is C21H26N4O4. The topological polar surface area (TPSA) is 97.1 Å². The van der Waals surface area contributed by atoms with Gasteiger partial charge in [0.15, 0.2) is 11.5 Å². The smallest absolute Gasteiger partial charge is 0.254 e. The second kappa shape index (κ2) is 9.29. The number of nitrogen functional groups attached to an aromatic ring is 1. The van der Waals surface area contributed by atoms with Crippen LogP contribution in [0.25, 0.3) is 0 Å². The van der Waals surface area contributed by atoms with Gasteiger partial charge in [0, 0.05) is 31.7 Å². The Morgan fingerprint density at radius 1 is 1.00 bits per heavy atom. The molecule has 154 valence electrons. The number of methoxy groups -OCH3 is 2. The van der Waals surface area contributed by atoms with Gasteiger partial charge in [0.05, 0.1) is 32.1 Å². The maximum Gasteiger partial charge on any atom is 0.254 e. The molecule has 1 fully saturated rings. The number of nitrogens with zero attached hydrogens (tertiary/aromatic N) is 2. The van der Waals surface area contributed by atoms with E-state index in [1.54, 1.807) is 49.5 Å². The summed E-state index contributed by atoms with van der Waals surface area (Å²) in [7, 11) is 3.10. The zero-order chi connectivity index (χ0) is 20.8. The Morgan fingerprint density at radius 2 is 1.69 bits per heavy atom. The lowest BCUT2D eigenvalue weighted by molar-refractivity contribution is -0.117. The fourth-order valence-electron chi connectivity index (χ4n) is 3.26. The van der Waals surface area contributed by atoms with Gasteiger partial charge in [-0.05, 0) is 30.3 Å². The molecule has 2 amide bonds.